The Morgan fingerprint density at radius 1 is 1.38 bits per heavy atom. The second-order valence-electron chi connectivity index (χ2n) is 4.43. The third-order valence-electron chi connectivity index (χ3n) is 1.39. The largest absolute Gasteiger partial charge is 0.481 e. The van der Waals surface area contributed by atoms with Crippen LogP contribution in [0.3, 0.4) is 0 Å². The second-order valence-corrected chi connectivity index (χ2v) is 5.64. The minimum absolute atomic E-state index is 0.0108. The van der Waals surface area contributed by atoms with Gasteiger partial charge in [-0.3, -0.25) is 4.79 Å². The van der Waals surface area contributed by atoms with E-state index in [4.69, 9.17) is 9.84 Å². The van der Waals surface area contributed by atoms with Crippen molar-refractivity contribution in [3.8, 4) is 0 Å². The summed E-state index contributed by atoms with van der Waals surface area (Å²) in [5.41, 5.74) is -0.619. The molecule has 0 aromatic rings. The molecule has 1 N–H and O–H groups in total. The minimum Gasteiger partial charge on any atom is -0.481 e. The maximum atomic E-state index is 10.4. The summed E-state index contributed by atoms with van der Waals surface area (Å²) in [6.45, 7) is 7.82. The third-order valence-corrected chi connectivity index (χ3v) is 1.52. The van der Waals surface area contributed by atoms with Gasteiger partial charge < -0.3 is 9.84 Å². The molecule has 0 amide bonds. The van der Waals surface area contributed by atoms with E-state index in [0.29, 0.717) is 6.61 Å². The molecule has 0 unspecified atom stereocenters. The zero-order chi connectivity index (χ0) is 10.7. The monoisotopic (exact) mass is 206 g/mol. The lowest BCUT2D eigenvalue weighted by Gasteiger charge is -2.28. The van der Waals surface area contributed by atoms with Crippen LogP contribution in [0.4, 0.5) is 0 Å². The van der Waals surface area contributed by atoms with Crippen LogP contribution in [0.1, 0.15) is 34.1 Å². The molecule has 0 bridgehead atoms. The number of carboxylic acids is 1. The molecule has 78 valence electrons. The van der Waals surface area contributed by atoms with Gasteiger partial charge in [0.1, 0.15) is 0 Å². The Morgan fingerprint density at radius 2 is 1.85 bits per heavy atom. The molecule has 0 spiro atoms. The van der Waals surface area contributed by atoms with Crippen molar-refractivity contribution in [2.45, 2.75) is 44.5 Å². The third kappa shape index (κ3) is 8.12. The van der Waals surface area contributed by atoms with Crippen LogP contribution in [0.2, 0.25) is 0 Å². The van der Waals surface area contributed by atoms with Gasteiger partial charge in [0.05, 0.1) is 18.6 Å². The number of rotatable bonds is 5. The smallest absolute Gasteiger partial charge is 0.306 e. The second kappa shape index (κ2) is 4.33. The molecule has 0 aliphatic heterocycles. The zero-order valence-corrected chi connectivity index (χ0v) is 9.52. The van der Waals surface area contributed by atoms with Gasteiger partial charge in [0.15, 0.2) is 0 Å². The number of carboxylic acid groups (broad SMARTS) is 1. The summed E-state index contributed by atoms with van der Waals surface area (Å²) in [5.74, 6) is -0.845. The first-order chi connectivity index (χ1) is 5.62. The summed E-state index contributed by atoms with van der Waals surface area (Å²) >= 11 is 4.28. The number of ether oxygens (including phenoxy) is 1. The molecule has 0 radical (unpaired) electrons. The normalized spacial score (nSPS) is 13.0. The molecule has 0 saturated heterocycles. The van der Waals surface area contributed by atoms with Gasteiger partial charge >= 0.3 is 5.97 Å². The van der Waals surface area contributed by atoms with Gasteiger partial charge in [-0.05, 0) is 27.7 Å². The van der Waals surface area contributed by atoms with Crippen molar-refractivity contribution in [3.63, 3.8) is 0 Å². The first-order valence-corrected chi connectivity index (χ1v) is 4.65. The van der Waals surface area contributed by atoms with E-state index < -0.39 is 11.6 Å². The molecule has 13 heavy (non-hydrogen) atoms. The Kier molecular flexibility index (Phi) is 4.26. The lowest BCUT2D eigenvalue weighted by atomic mass is 10.1. The Labute approximate surface area is 84.9 Å². The average Bonchev–Trinajstić information content (AvgIpc) is 1.79. The summed E-state index contributed by atoms with van der Waals surface area (Å²) in [5, 5.41) is 8.58. The van der Waals surface area contributed by atoms with Crippen LogP contribution in [0, 0.1) is 0 Å². The average molecular weight is 206 g/mol. The number of carbonyl (C=O) groups is 1. The molecule has 0 aliphatic carbocycles. The Morgan fingerprint density at radius 3 is 2.15 bits per heavy atom. The highest BCUT2D eigenvalue weighted by Gasteiger charge is 2.25. The summed E-state index contributed by atoms with van der Waals surface area (Å²) in [6.07, 6.45) is 0.0108. The van der Waals surface area contributed by atoms with Crippen molar-refractivity contribution < 1.29 is 14.6 Å². The highest BCUT2D eigenvalue weighted by molar-refractivity contribution is 7.81. The summed E-state index contributed by atoms with van der Waals surface area (Å²) in [7, 11) is 0. The number of aliphatic carboxylic acids is 1. The van der Waals surface area contributed by atoms with E-state index in [1.54, 1.807) is 13.8 Å². The molecule has 0 saturated carbocycles. The lowest BCUT2D eigenvalue weighted by molar-refractivity contribution is -0.144. The van der Waals surface area contributed by atoms with Crippen LogP contribution in [0.5, 0.6) is 0 Å². The van der Waals surface area contributed by atoms with Gasteiger partial charge in [-0.2, -0.15) is 12.6 Å². The first kappa shape index (κ1) is 12.8. The Bertz CT molecular complexity index is 182. The Hall–Kier alpha value is -0.220. The van der Waals surface area contributed by atoms with E-state index in [9.17, 15) is 4.79 Å². The van der Waals surface area contributed by atoms with E-state index >= 15 is 0 Å². The summed E-state index contributed by atoms with van der Waals surface area (Å²) in [6, 6.07) is 0. The van der Waals surface area contributed by atoms with Crippen molar-refractivity contribution in [1.82, 2.24) is 0 Å². The van der Waals surface area contributed by atoms with Gasteiger partial charge in [-0.15, -0.1) is 0 Å². The highest BCUT2D eigenvalue weighted by Crippen LogP contribution is 2.20. The molecule has 3 nitrogen and oxygen atoms in total. The molecule has 0 aromatic heterocycles. The van der Waals surface area contributed by atoms with Crippen LogP contribution >= 0.6 is 12.6 Å². The molecule has 0 aromatic carbocycles. The standard InChI is InChI=1S/C9H18O3S/c1-8(2,5-7(10)11)12-6-9(3,4)13/h13H,5-6H2,1-4H3,(H,10,11). The topological polar surface area (TPSA) is 46.5 Å². The molecule has 0 heterocycles. The van der Waals surface area contributed by atoms with Crippen LogP contribution in [0.15, 0.2) is 0 Å². The fourth-order valence-electron chi connectivity index (χ4n) is 0.787. The fourth-order valence-corrected chi connectivity index (χ4v) is 0.852. The molecule has 0 aliphatic rings. The zero-order valence-electron chi connectivity index (χ0n) is 8.63. The molecule has 4 heteroatoms. The summed E-state index contributed by atoms with van der Waals surface area (Å²) in [4.78, 5) is 10.4. The molecule has 0 atom stereocenters. The van der Waals surface area contributed by atoms with Crippen molar-refractivity contribution in [2.24, 2.45) is 0 Å². The maximum Gasteiger partial charge on any atom is 0.306 e. The van der Waals surface area contributed by atoms with Gasteiger partial charge in [0.25, 0.3) is 0 Å². The number of thiol groups is 1. The van der Waals surface area contributed by atoms with Gasteiger partial charge in [-0.1, -0.05) is 0 Å². The number of hydrogen-bond acceptors (Lipinski definition) is 3. The quantitative estimate of drug-likeness (QED) is 0.676. The van der Waals surface area contributed by atoms with Crippen LogP contribution in [0.25, 0.3) is 0 Å². The maximum absolute atomic E-state index is 10.4. The van der Waals surface area contributed by atoms with Gasteiger partial charge in [-0.25, -0.2) is 0 Å². The highest BCUT2D eigenvalue weighted by atomic mass is 32.1. The lowest BCUT2D eigenvalue weighted by Crippen LogP contribution is -2.33. The molecule has 0 fully saturated rings. The van der Waals surface area contributed by atoms with E-state index in [2.05, 4.69) is 12.6 Å². The van der Waals surface area contributed by atoms with Crippen molar-refractivity contribution >= 4 is 18.6 Å². The summed E-state index contributed by atoms with van der Waals surface area (Å²) < 4.78 is 5.22. The van der Waals surface area contributed by atoms with Gasteiger partial charge in [0.2, 0.25) is 0 Å². The van der Waals surface area contributed by atoms with Gasteiger partial charge in [0, 0.05) is 4.75 Å². The molecular weight excluding hydrogens is 188 g/mol. The van der Waals surface area contributed by atoms with Crippen molar-refractivity contribution in [3.05, 3.63) is 0 Å². The predicted octanol–water partition coefficient (Wildman–Crippen LogP) is 1.96. The van der Waals surface area contributed by atoms with Crippen molar-refractivity contribution in [2.75, 3.05) is 6.61 Å². The van der Waals surface area contributed by atoms with Crippen LogP contribution < -0.4 is 0 Å². The van der Waals surface area contributed by atoms with Crippen LogP contribution in [-0.4, -0.2) is 28.0 Å². The first-order valence-electron chi connectivity index (χ1n) is 4.20. The van der Waals surface area contributed by atoms with E-state index in [1.165, 1.54) is 0 Å². The number of hydrogen-bond donors (Lipinski definition) is 2. The molecule has 0 rings (SSSR count). The predicted molar refractivity (Wildman–Crippen MR) is 55.3 cm³/mol. The minimum atomic E-state index is -0.845. The van der Waals surface area contributed by atoms with Crippen LogP contribution in [-0.2, 0) is 9.53 Å². The Balaban J connectivity index is 3.96. The van der Waals surface area contributed by atoms with Crippen molar-refractivity contribution in [1.29, 1.82) is 0 Å². The van der Waals surface area contributed by atoms with E-state index in [0.717, 1.165) is 0 Å². The fraction of sp³-hybridized carbons (Fsp3) is 0.889. The van der Waals surface area contributed by atoms with E-state index in [1.807, 2.05) is 13.8 Å². The molecular formula is C9H18O3S. The SMILES string of the molecule is CC(C)(S)COC(C)(C)CC(=O)O. The van der Waals surface area contributed by atoms with E-state index in [-0.39, 0.29) is 11.2 Å².